The topological polar surface area (TPSA) is 60.4 Å². The third kappa shape index (κ3) is 2.57. The highest BCUT2D eigenvalue weighted by molar-refractivity contribution is 7.92. The van der Waals surface area contributed by atoms with E-state index in [4.69, 9.17) is 0 Å². The fourth-order valence-corrected chi connectivity index (χ4v) is 1.78. The number of benzene rings is 1. The Morgan fingerprint density at radius 1 is 1.18 bits per heavy atom. The molecule has 0 unspecified atom stereocenters. The Morgan fingerprint density at radius 2 is 1.65 bits per heavy atom. The van der Waals surface area contributed by atoms with Gasteiger partial charge in [0, 0.05) is 0 Å². The van der Waals surface area contributed by atoms with E-state index >= 15 is 0 Å². The van der Waals surface area contributed by atoms with E-state index in [1.54, 1.807) is 0 Å². The number of carbonyl (C=O) groups excluding carboxylic acids is 1. The number of hydrogen-bond acceptors (Lipinski definition) is 4. The van der Waals surface area contributed by atoms with Crippen molar-refractivity contribution in [2.45, 2.75) is 10.4 Å². The molecule has 0 atom stereocenters. The molecule has 0 saturated carbocycles. The highest BCUT2D eigenvalue weighted by Crippen LogP contribution is 2.30. The number of alkyl halides is 3. The van der Waals surface area contributed by atoms with Gasteiger partial charge in [-0.15, -0.1) is 0 Å². The van der Waals surface area contributed by atoms with Gasteiger partial charge >= 0.3 is 11.5 Å². The van der Waals surface area contributed by atoms with Crippen LogP contribution in [0.15, 0.2) is 29.2 Å². The summed E-state index contributed by atoms with van der Waals surface area (Å²) in [5.41, 5.74) is -5.40. The van der Waals surface area contributed by atoms with Crippen LogP contribution in [0.4, 0.5) is 13.2 Å². The highest BCUT2D eigenvalue weighted by atomic mass is 32.2. The standard InChI is InChI=1S/C9H7F3O4S/c1-16-8(13)6-2-4-7(5-3-6)17(14,15)9(10,11)12/h2-5H,1H3. The molecule has 0 bridgehead atoms. The van der Waals surface area contributed by atoms with Gasteiger partial charge in [0.15, 0.2) is 0 Å². The third-order valence-corrected chi connectivity index (χ3v) is 3.39. The fraction of sp³-hybridized carbons (Fsp3) is 0.222. The van der Waals surface area contributed by atoms with Crippen LogP contribution in [-0.4, -0.2) is 27.0 Å². The SMILES string of the molecule is COC(=O)c1ccc(S(=O)(=O)C(F)(F)F)cc1. The first-order valence-corrected chi connectivity index (χ1v) is 5.68. The lowest BCUT2D eigenvalue weighted by Gasteiger charge is -2.08. The van der Waals surface area contributed by atoms with Crippen molar-refractivity contribution >= 4 is 15.8 Å². The van der Waals surface area contributed by atoms with E-state index in [9.17, 15) is 26.4 Å². The smallest absolute Gasteiger partial charge is 0.465 e. The summed E-state index contributed by atoms with van der Waals surface area (Å²) in [7, 11) is -4.28. The zero-order valence-electron chi connectivity index (χ0n) is 8.48. The summed E-state index contributed by atoms with van der Waals surface area (Å²) in [6.45, 7) is 0. The number of sulfone groups is 1. The van der Waals surface area contributed by atoms with Crippen LogP contribution >= 0.6 is 0 Å². The average molecular weight is 268 g/mol. The lowest BCUT2D eigenvalue weighted by molar-refractivity contribution is -0.0436. The summed E-state index contributed by atoms with van der Waals surface area (Å²) in [5, 5.41) is 0. The van der Waals surface area contributed by atoms with E-state index in [1.807, 2.05) is 0 Å². The van der Waals surface area contributed by atoms with Gasteiger partial charge in [-0.2, -0.15) is 13.2 Å². The van der Waals surface area contributed by atoms with E-state index in [-0.39, 0.29) is 5.56 Å². The lowest BCUT2D eigenvalue weighted by atomic mass is 10.2. The van der Waals surface area contributed by atoms with Crippen molar-refractivity contribution in [3.63, 3.8) is 0 Å². The first-order valence-electron chi connectivity index (χ1n) is 4.20. The minimum absolute atomic E-state index is 0.0337. The van der Waals surface area contributed by atoms with Crippen molar-refractivity contribution in [1.29, 1.82) is 0 Å². The van der Waals surface area contributed by atoms with Gasteiger partial charge in [-0.05, 0) is 24.3 Å². The Hall–Kier alpha value is -1.57. The first-order chi connectivity index (χ1) is 7.70. The number of rotatable bonds is 2. The van der Waals surface area contributed by atoms with Gasteiger partial charge in [0.1, 0.15) is 0 Å². The summed E-state index contributed by atoms with van der Waals surface area (Å²) >= 11 is 0. The summed E-state index contributed by atoms with van der Waals surface area (Å²) < 4.78 is 62.7. The predicted molar refractivity (Wildman–Crippen MR) is 51.0 cm³/mol. The molecule has 4 nitrogen and oxygen atoms in total. The molecular weight excluding hydrogens is 261 g/mol. The molecule has 8 heteroatoms. The Balaban J connectivity index is 3.17. The zero-order valence-corrected chi connectivity index (χ0v) is 9.30. The second-order valence-corrected chi connectivity index (χ2v) is 4.91. The van der Waals surface area contributed by atoms with Crippen LogP contribution in [-0.2, 0) is 14.6 Å². The van der Waals surface area contributed by atoms with Crippen molar-refractivity contribution in [3.05, 3.63) is 29.8 Å². The van der Waals surface area contributed by atoms with Gasteiger partial charge in [-0.25, -0.2) is 13.2 Å². The Bertz CT molecular complexity index is 516. The number of carbonyl (C=O) groups is 1. The van der Waals surface area contributed by atoms with Gasteiger partial charge in [0.2, 0.25) is 0 Å². The second-order valence-electron chi connectivity index (χ2n) is 2.97. The molecule has 0 amide bonds. The zero-order chi connectivity index (χ0) is 13.3. The predicted octanol–water partition coefficient (Wildman–Crippen LogP) is 1.77. The number of halogens is 3. The normalized spacial score (nSPS) is 12.2. The minimum Gasteiger partial charge on any atom is -0.465 e. The lowest BCUT2D eigenvalue weighted by Crippen LogP contribution is -2.23. The third-order valence-electron chi connectivity index (χ3n) is 1.89. The van der Waals surface area contributed by atoms with Gasteiger partial charge in [0.25, 0.3) is 9.84 Å². The van der Waals surface area contributed by atoms with Gasteiger partial charge in [-0.3, -0.25) is 0 Å². The molecule has 0 spiro atoms. The maximum Gasteiger partial charge on any atom is 0.501 e. The largest absolute Gasteiger partial charge is 0.501 e. The Morgan fingerprint density at radius 3 is 2.00 bits per heavy atom. The average Bonchev–Trinajstić information content (AvgIpc) is 2.26. The second kappa shape index (κ2) is 4.36. The molecule has 94 valence electrons. The maximum absolute atomic E-state index is 12.2. The van der Waals surface area contributed by atoms with Crippen molar-refractivity contribution in [1.82, 2.24) is 0 Å². The highest BCUT2D eigenvalue weighted by Gasteiger charge is 2.46. The molecule has 0 aliphatic rings. The van der Waals surface area contributed by atoms with Crippen LogP contribution in [0.5, 0.6) is 0 Å². The first kappa shape index (κ1) is 13.5. The maximum atomic E-state index is 12.2. The van der Waals surface area contributed by atoms with E-state index in [1.165, 1.54) is 0 Å². The van der Waals surface area contributed by atoms with Crippen molar-refractivity contribution in [2.75, 3.05) is 7.11 Å². The number of hydrogen-bond donors (Lipinski definition) is 0. The molecule has 0 aliphatic carbocycles. The van der Waals surface area contributed by atoms with E-state index < -0.39 is 26.2 Å². The summed E-state index contributed by atoms with van der Waals surface area (Å²) in [4.78, 5) is 10.1. The van der Waals surface area contributed by atoms with Crippen LogP contribution in [0.25, 0.3) is 0 Å². The van der Waals surface area contributed by atoms with Crippen molar-refractivity contribution in [2.24, 2.45) is 0 Å². The van der Waals surface area contributed by atoms with Crippen LogP contribution in [0.1, 0.15) is 10.4 Å². The van der Waals surface area contributed by atoms with E-state index in [2.05, 4.69) is 4.74 Å². The summed E-state index contributed by atoms with van der Waals surface area (Å²) in [5.74, 6) is -0.763. The van der Waals surface area contributed by atoms with Crippen LogP contribution < -0.4 is 0 Å². The molecule has 1 aromatic rings. The van der Waals surface area contributed by atoms with Gasteiger partial charge in [-0.1, -0.05) is 0 Å². The minimum atomic E-state index is -5.38. The van der Waals surface area contributed by atoms with Crippen LogP contribution in [0, 0.1) is 0 Å². The Kier molecular flexibility index (Phi) is 3.46. The fourth-order valence-electron chi connectivity index (χ4n) is 1.02. The molecule has 0 radical (unpaired) electrons. The molecule has 0 N–H and O–H groups in total. The number of methoxy groups -OCH3 is 1. The van der Waals surface area contributed by atoms with Gasteiger partial charge in [0.05, 0.1) is 17.6 Å². The Labute approximate surface area is 94.9 Å². The number of ether oxygens (including phenoxy) is 1. The van der Waals surface area contributed by atoms with Crippen LogP contribution in [0.3, 0.4) is 0 Å². The summed E-state index contributed by atoms with van der Waals surface area (Å²) in [6.07, 6.45) is 0. The molecule has 0 aliphatic heterocycles. The molecule has 0 fully saturated rings. The molecule has 0 saturated heterocycles. The van der Waals surface area contributed by atoms with E-state index in [0.29, 0.717) is 12.1 Å². The van der Waals surface area contributed by atoms with Crippen LogP contribution in [0.2, 0.25) is 0 Å². The quantitative estimate of drug-likeness (QED) is 0.767. The van der Waals surface area contributed by atoms with Crippen molar-refractivity contribution < 1.29 is 31.1 Å². The molecular formula is C9H7F3O4S. The molecule has 17 heavy (non-hydrogen) atoms. The van der Waals surface area contributed by atoms with E-state index in [0.717, 1.165) is 19.2 Å². The number of esters is 1. The summed E-state index contributed by atoms with van der Waals surface area (Å²) in [6, 6.07) is 3.30. The molecule has 1 rings (SSSR count). The molecule has 0 heterocycles. The van der Waals surface area contributed by atoms with Gasteiger partial charge < -0.3 is 4.74 Å². The monoisotopic (exact) mass is 268 g/mol. The molecule has 1 aromatic carbocycles. The molecule has 0 aromatic heterocycles. The van der Waals surface area contributed by atoms with Crippen molar-refractivity contribution in [3.8, 4) is 0 Å².